The van der Waals surface area contributed by atoms with Crippen LogP contribution in [-0.2, 0) is 4.79 Å². The Labute approximate surface area is 115 Å². The van der Waals surface area contributed by atoms with Crippen LogP contribution >= 0.6 is 0 Å². The van der Waals surface area contributed by atoms with E-state index >= 15 is 0 Å². The molecule has 3 heteroatoms. The van der Waals surface area contributed by atoms with Crippen LogP contribution in [0.5, 0.6) is 0 Å². The van der Waals surface area contributed by atoms with Crippen molar-refractivity contribution >= 4 is 5.97 Å². The van der Waals surface area contributed by atoms with Gasteiger partial charge in [-0.05, 0) is 39.2 Å². The topological polar surface area (TPSA) is 40.5 Å². The number of hydrogen-bond acceptors (Lipinski definition) is 2. The second kappa shape index (κ2) is 5.33. The summed E-state index contributed by atoms with van der Waals surface area (Å²) in [6, 6.07) is 10.6. The average Bonchev–Trinajstić information content (AvgIpc) is 2.38. The van der Waals surface area contributed by atoms with E-state index in [1.54, 1.807) is 0 Å². The third-order valence-electron chi connectivity index (χ3n) is 4.40. The molecule has 0 spiro atoms. The fourth-order valence-corrected chi connectivity index (χ4v) is 3.04. The summed E-state index contributed by atoms with van der Waals surface area (Å²) in [5.41, 5.74) is 1.31. The zero-order valence-corrected chi connectivity index (χ0v) is 12.0. The lowest BCUT2D eigenvalue weighted by Crippen LogP contribution is -2.52. The molecule has 1 N–H and O–H groups in total. The monoisotopic (exact) mass is 261 g/mol. The van der Waals surface area contributed by atoms with E-state index in [-0.39, 0.29) is 17.5 Å². The maximum Gasteiger partial charge on any atom is 0.307 e. The molecule has 1 heterocycles. The summed E-state index contributed by atoms with van der Waals surface area (Å²) >= 11 is 0. The minimum Gasteiger partial charge on any atom is -0.481 e. The molecule has 3 nitrogen and oxygen atoms in total. The van der Waals surface area contributed by atoms with E-state index in [0.717, 1.165) is 12.8 Å². The molecule has 2 atom stereocenters. The van der Waals surface area contributed by atoms with Crippen LogP contribution < -0.4 is 0 Å². The number of hydrogen-bond donors (Lipinski definition) is 1. The van der Waals surface area contributed by atoms with Crippen LogP contribution in [0.15, 0.2) is 30.3 Å². The zero-order chi connectivity index (χ0) is 14.0. The molecule has 0 radical (unpaired) electrons. The second-order valence-electron chi connectivity index (χ2n) is 6.13. The predicted octanol–water partition coefficient (Wildman–Crippen LogP) is 3.32. The lowest BCUT2D eigenvalue weighted by atomic mass is 9.83. The van der Waals surface area contributed by atoms with Gasteiger partial charge in [0.2, 0.25) is 0 Å². The quantitative estimate of drug-likeness (QED) is 0.907. The highest BCUT2D eigenvalue weighted by Gasteiger charge is 2.39. The fourth-order valence-electron chi connectivity index (χ4n) is 3.04. The van der Waals surface area contributed by atoms with Gasteiger partial charge >= 0.3 is 5.97 Å². The molecule has 1 fully saturated rings. The molecule has 1 aliphatic rings. The number of piperidine rings is 1. The Morgan fingerprint density at radius 2 is 2.00 bits per heavy atom. The van der Waals surface area contributed by atoms with Crippen LogP contribution in [0.2, 0.25) is 0 Å². The van der Waals surface area contributed by atoms with Crippen molar-refractivity contribution in [1.29, 1.82) is 0 Å². The number of benzene rings is 1. The first-order valence-electron chi connectivity index (χ1n) is 6.96. The van der Waals surface area contributed by atoms with Gasteiger partial charge in [0.15, 0.2) is 0 Å². The Bertz CT molecular complexity index is 441. The van der Waals surface area contributed by atoms with E-state index in [1.165, 1.54) is 5.56 Å². The molecule has 19 heavy (non-hydrogen) atoms. The van der Waals surface area contributed by atoms with Gasteiger partial charge in [-0.15, -0.1) is 0 Å². The number of rotatable bonds is 3. The van der Waals surface area contributed by atoms with Crippen molar-refractivity contribution in [3.8, 4) is 0 Å². The molecule has 1 aromatic carbocycles. The summed E-state index contributed by atoms with van der Waals surface area (Å²) < 4.78 is 0. The number of carboxylic acid groups (broad SMARTS) is 1. The summed E-state index contributed by atoms with van der Waals surface area (Å²) in [7, 11) is 0. The molecule has 0 amide bonds. The van der Waals surface area contributed by atoms with Crippen molar-refractivity contribution in [2.75, 3.05) is 6.54 Å². The van der Waals surface area contributed by atoms with Gasteiger partial charge < -0.3 is 5.11 Å². The van der Waals surface area contributed by atoms with Gasteiger partial charge in [0, 0.05) is 18.1 Å². The molecular formula is C16H23NO2. The molecule has 0 bridgehead atoms. The maximum absolute atomic E-state index is 11.2. The Balaban J connectivity index is 2.21. The highest BCUT2D eigenvalue weighted by Crippen LogP contribution is 2.37. The number of carboxylic acids is 1. The minimum atomic E-state index is -0.666. The summed E-state index contributed by atoms with van der Waals surface area (Å²) in [5, 5.41) is 9.25. The summed E-state index contributed by atoms with van der Waals surface area (Å²) in [6.45, 7) is 7.23. The van der Waals surface area contributed by atoms with Gasteiger partial charge in [-0.25, -0.2) is 0 Å². The van der Waals surface area contributed by atoms with Gasteiger partial charge in [-0.3, -0.25) is 9.69 Å². The van der Waals surface area contributed by atoms with E-state index in [4.69, 9.17) is 0 Å². The maximum atomic E-state index is 11.2. The third kappa shape index (κ3) is 2.98. The Morgan fingerprint density at radius 1 is 1.37 bits per heavy atom. The van der Waals surface area contributed by atoms with Crippen molar-refractivity contribution < 1.29 is 9.90 Å². The van der Waals surface area contributed by atoms with Crippen LogP contribution in [0.3, 0.4) is 0 Å². The summed E-state index contributed by atoms with van der Waals surface area (Å²) in [6.07, 6.45) is 1.71. The molecule has 2 unspecified atom stereocenters. The van der Waals surface area contributed by atoms with E-state index < -0.39 is 5.97 Å². The molecule has 1 aliphatic heterocycles. The highest BCUT2D eigenvalue weighted by atomic mass is 16.4. The van der Waals surface area contributed by atoms with Crippen LogP contribution in [0.4, 0.5) is 0 Å². The molecule has 1 saturated heterocycles. The number of carbonyl (C=O) groups is 1. The smallest absolute Gasteiger partial charge is 0.307 e. The van der Waals surface area contributed by atoms with Crippen molar-refractivity contribution in [3.05, 3.63) is 35.9 Å². The number of likely N-dealkylation sites (tertiary alicyclic amines) is 1. The van der Waals surface area contributed by atoms with E-state index in [2.05, 4.69) is 37.8 Å². The summed E-state index contributed by atoms with van der Waals surface area (Å²) in [4.78, 5) is 13.6. The van der Waals surface area contributed by atoms with E-state index in [0.29, 0.717) is 6.54 Å². The van der Waals surface area contributed by atoms with Crippen molar-refractivity contribution in [2.45, 2.75) is 45.2 Å². The lowest BCUT2D eigenvalue weighted by molar-refractivity contribution is -0.146. The highest BCUT2D eigenvalue weighted by molar-refractivity contribution is 5.70. The molecule has 0 aliphatic carbocycles. The van der Waals surface area contributed by atoms with Crippen LogP contribution in [0.25, 0.3) is 0 Å². The number of nitrogens with zero attached hydrogens (tertiary/aromatic N) is 1. The first kappa shape index (κ1) is 14.1. The van der Waals surface area contributed by atoms with Gasteiger partial charge in [-0.2, -0.15) is 0 Å². The first-order valence-corrected chi connectivity index (χ1v) is 6.96. The zero-order valence-electron chi connectivity index (χ0n) is 12.0. The van der Waals surface area contributed by atoms with E-state index in [9.17, 15) is 9.90 Å². The van der Waals surface area contributed by atoms with Gasteiger partial charge in [0.05, 0.1) is 5.92 Å². The predicted molar refractivity (Wildman–Crippen MR) is 76.0 cm³/mol. The molecule has 2 rings (SSSR count). The van der Waals surface area contributed by atoms with Crippen molar-refractivity contribution in [2.24, 2.45) is 5.92 Å². The third-order valence-corrected chi connectivity index (χ3v) is 4.40. The van der Waals surface area contributed by atoms with Gasteiger partial charge in [0.25, 0.3) is 0 Å². The Kier molecular flexibility index (Phi) is 3.95. The minimum absolute atomic E-state index is 0.0568. The second-order valence-corrected chi connectivity index (χ2v) is 6.13. The van der Waals surface area contributed by atoms with Crippen LogP contribution in [-0.4, -0.2) is 28.1 Å². The number of aliphatic carboxylic acids is 1. The van der Waals surface area contributed by atoms with Gasteiger partial charge in [-0.1, -0.05) is 30.3 Å². The average molecular weight is 261 g/mol. The standard InChI is InChI=1S/C16H23NO2/c1-12(13-7-5-4-6-8-13)17-11-14(15(18)19)9-10-16(17,2)3/h4-8,12,14H,9-11H2,1-3H3,(H,18,19). The molecular weight excluding hydrogens is 238 g/mol. The van der Waals surface area contributed by atoms with Crippen molar-refractivity contribution in [1.82, 2.24) is 4.90 Å². The van der Waals surface area contributed by atoms with E-state index in [1.807, 2.05) is 18.2 Å². The van der Waals surface area contributed by atoms with Crippen molar-refractivity contribution in [3.63, 3.8) is 0 Å². The normalized spacial score (nSPS) is 24.9. The largest absolute Gasteiger partial charge is 0.481 e. The molecule has 0 saturated carbocycles. The molecule has 104 valence electrons. The molecule has 0 aromatic heterocycles. The lowest BCUT2D eigenvalue weighted by Gasteiger charge is -2.48. The van der Waals surface area contributed by atoms with Gasteiger partial charge in [0.1, 0.15) is 0 Å². The SMILES string of the molecule is CC(c1ccccc1)N1CC(C(=O)O)CCC1(C)C. The fraction of sp³-hybridized carbons (Fsp3) is 0.562. The molecule has 1 aromatic rings. The summed E-state index contributed by atoms with van der Waals surface area (Å²) in [5.74, 6) is -0.903. The first-order chi connectivity index (χ1) is 8.92. The van der Waals surface area contributed by atoms with Crippen LogP contribution in [0.1, 0.15) is 45.2 Å². The Morgan fingerprint density at radius 3 is 2.58 bits per heavy atom. The van der Waals surface area contributed by atoms with Crippen LogP contribution in [0, 0.1) is 5.92 Å². The Hall–Kier alpha value is -1.35.